The Hall–Kier alpha value is -1.46. The second kappa shape index (κ2) is 5.63. The van der Waals surface area contributed by atoms with Gasteiger partial charge in [-0.05, 0) is 36.6 Å². The maximum absolute atomic E-state index is 12.7. The van der Waals surface area contributed by atoms with E-state index in [1.165, 1.54) is 4.31 Å². The smallest absolute Gasteiger partial charge is 0.243 e. The number of ketones is 1. The van der Waals surface area contributed by atoms with Gasteiger partial charge >= 0.3 is 0 Å². The molecule has 1 unspecified atom stereocenters. The topological polar surface area (TPSA) is 54.5 Å². The summed E-state index contributed by atoms with van der Waals surface area (Å²) in [5, 5.41) is 0. The van der Waals surface area contributed by atoms with Crippen molar-refractivity contribution in [1.82, 2.24) is 4.31 Å². The van der Waals surface area contributed by atoms with E-state index in [2.05, 4.69) is 0 Å². The summed E-state index contributed by atoms with van der Waals surface area (Å²) >= 11 is 0. The normalized spacial score (nSPS) is 22.5. The second-order valence-corrected chi connectivity index (χ2v) is 8.13. The SMILES string of the molecule is CCCC1=C2CN(S(=O)(=O)c3ccc(C)cc3)CC2CC1=O. The molecule has 4 nitrogen and oxygen atoms in total. The highest BCUT2D eigenvalue weighted by molar-refractivity contribution is 7.89. The van der Waals surface area contributed by atoms with E-state index in [0.29, 0.717) is 24.4 Å². The maximum Gasteiger partial charge on any atom is 0.243 e. The molecule has 0 N–H and O–H groups in total. The van der Waals surface area contributed by atoms with Crippen LogP contribution in [0.15, 0.2) is 40.3 Å². The molecule has 0 radical (unpaired) electrons. The molecular weight excluding hydrogens is 298 g/mol. The number of sulfonamides is 1. The van der Waals surface area contributed by atoms with Crippen molar-refractivity contribution in [1.29, 1.82) is 0 Å². The predicted molar refractivity (Wildman–Crippen MR) is 85.0 cm³/mol. The first-order valence-electron chi connectivity index (χ1n) is 7.75. The standard InChI is InChI=1S/C17H21NO3S/c1-3-4-15-16-11-18(10-13(16)9-17(15)19)22(20,21)14-7-5-12(2)6-8-14/h5-8,13H,3-4,9-11H2,1-2H3. The lowest BCUT2D eigenvalue weighted by atomic mass is 10.0. The van der Waals surface area contributed by atoms with Crippen molar-refractivity contribution in [2.75, 3.05) is 13.1 Å². The molecule has 2 aliphatic rings. The van der Waals surface area contributed by atoms with Crippen LogP contribution in [0.2, 0.25) is 0 Å². The van der Waals surface area contributed by atoms with E-state index in [-0.39, 0.29) is 11.7 Å². The number of carbonyl (C=O) groups excluding carboxylic acids is 1. The Balaban J connectivity index is 1.89. The van der Waals surface area contributed by atoms with Crippen molar-refractivity contribution in [2.45, 2.75) is 38.0 Å². The molecule has 1 aliphatic carbocycles. The number of Topliss-reactive ketones (excluding diaryl/α,β-unsaturated/α-hetero) is 1. The lowest BCUT2D eigenvalue weighted by Gasteiger charge is -2.17. The minimum Gasteiger partial charge on any atom is -0.295 e. The number of aryl methyl sites for hydroxylation is 1. The van der Waals surface area contributed by atoms with Crippen LogP contribution >= 0.6 is 0 Å². The number of fused-ring (bicyclic) bond motifs is 1. The highest BCUT2D eigenvalue weighted by Crippen LogP contribution is 2.39. The molecule has 0 saturated carbocycles. The Morgan fingerprint density at radius 3 is 2.55 bits per heavy atom. The number of rotatable bonds is 4. The summed E-state index contributed by atoms with van der Waals surface area (Å²) in [6.07, 6.45) is 2.16. The Labute approximate surface area is 131 Å². The molecule has 1 heterocycles. The van der Waals surface area contributed by atoms with Crippen LogP contribution in [0.25, 0.3) is 0 Å². The largest absolute Gasteiger partial charge is 0.295 e. The van der Waals surface area contributed by atoms with Crippen molar-refractivity contribution in [3.05, 3.63) is 41.0 Å². The third-order valence-corrected chi connectivity index (χ3v) is 6.40. The number of hydrogen-bond acceptors (Lipinski definition) is 3. The fourth-order valence-electron chi connectivity index (χ4n) is 3.39. The lowest BCUT2D eigenvalue weighted by molar-refractivity contribution is -0.115. The fraction of sp³-hybridized carbons (Fsp3) is 0.471. The molecule has 1 saturated heterocycles. The fourth-order valence-corrected chi connectivity index (χ4v) is 4.85. The van der Waals surface area contributed by atoms with E-state index in [1.54, 1.807) is 12.1 Å². The quantitative estimate of drug-likeness (QED) is 0.857. The summed E-state index contributed by atoms with van der Waals surface area (Å²) in [6, 6.07) is 6.95. The average molecular weight is 319 g/mol. The summed E-state index contributed by atoms with van der Waals surface area (Å²) in [7, 11) is -3.47. The van der Waals surface area contributed by atoms with Crippen LogP contribution in [0.4, 0.5) is 0 Å². The summed E-state index contributed by atoms with van der Waals surface area (Å²) in [4.78, 5) is 12.4. The molecule has 0 spiro atoms. The van der Waals surface area contributed by atoms with Gasteiger partial charge in [-0.2, -0.15) is 4.31 Å². The van der Waals surface area contributed by atoms with Gasteiger partial charge in [-0.1, -0.05) is 31.0 Å². The summed E-state index contributed by atoms with van der Waals surface area (Å²) in [5.74, 6) is 0.309. The van der Waals surface area contributed by atoms with Gasteiger partial charge in [-0.15, -0.1) is 0 Å². The zero-order valence-corrected chi connectivity index (χ0v) is 13.8. The monoisotopic (exact) mass is 319 g/mol. The van der Waals surface area contributed by atoms with Crippen molar-refractivity contribution < 1.29 is 13.2 Å². The minimum atomic E-state index is -3.47. The van der Waals surface area contributed by atoms with Gasteiger partial charge in [0.25, 0.3) is 0 Å². The molecule has 1 aromatic carbocycles. The molecule has 5 heteroatoms. The molecule has 1 aromatic rings. The highest BCUT2D eigenvalue weighted by atomic mass is 32.2. The molecule has 3 rings (SSSR count). The third kappa shape index (κ3) is 2.52. The number of nitrogens with zero attached hydrogens (tertiary/aromatic N) is 1. The number of benzene rings is 1. The molecule has 22 heavy (non-hydrogen) atoms. The van der Waals surface area contributed by atoms with Gasteiger partial charge in [0.1, 0.15) is 0 Å². The summed E-state index contributed by atoms with van der Waals surface area (Å²) in [6.45, 7) is 4.79. The molecule has 1 fully saturated rings. The summed E-state index contributed by atoms with van der Waals surface area (Å²) < 4.78 is 27.0. The van der Waals surface area contributed by atoms with Crippen molar-refractivity contribution in [2.24, 2.45) is 5.92 Å². The number of allylic oxidation sites excluding steroid dienone is 1. The Kier molecular flexibility index (Phi) is 3.95. The second-order valence-electron chi connectivity index (χ2n) is 6.19. The van der Waals surface area contributed by atoms with E-state index >= 15 is 0 Å². The van der Waals surface area contributed by atoms with Crippen LogP contribution in [0.5, 0.6) is 0 Å². The summed E-state index contributed by atoms with van der Waals surface area (Å²) in [5.41, 5.74) is 2.98. The van der Waals surface area contributed by atoms with Gasteiger partial charge in [0.2, 0.25) is 10.0 Å². The minimum absolute atomic E-state index is 0.0919. The first kappa shape index (κ1) is 15.4. The first-order chi connectivity index (χ1) is 10.4. The van der Waals surface area contributed by atoms with E-state index in [4.69, 9.17) is 0 Å². The first-order valence-corrected chi connectivity index (χ1v) is 9.19. The Morgan fingerprint density at radius 1 is 1.23 bits per heavy atom. The van der Waals surface area contributed by atoms with Crippen molar-refractivity contribution in [3.63, 3.8) is 0 Å². The number of hydrogen-bond donors (Lipinski definition) is 0. The predicted octanol–water partition coefficient (Wildman–Crippen LogP) is 2.69. The van der Waals surface area contributed by atoms with Crippen LogP contribution in [0.1, 0.15) is 31.7 Å². The Morgan fingerprint density at radius 2 is 1.91 bits per heavy atom. The van der Waals surface area contributed by atoms with Crippen LogP contribution in [0, 0.1) is 12.8 Å². The van der Waals surface area contributed by atoms with Crippen LogP contribution in [-0.4, -0.2) is 31.6 Å². The van der Waals surface area contributed by atoms with Crippen LogP contribution in [-0.2, 0) is 14.8 Å². The van der Waals surface area contributed by atoms with Gasteiger partial charge in [-0.3, -0.25) is 4.79 Å². The number of carbonyl (C=O) groups is 1. The van der Waals surface area contributed by atoms with Gasteiger partial charge < -0.3 is 0 Å². The van der Waals surface area contributed by atoms with Gasteiger partial charge in [0.05, 0.1) is 4.90 Å². The lowest BCUT2D eigenvalue weighted by Crippen LogP contribution is -2.29. The van der Waals surface area contributed by atoms with E-state index in [0.717, 1.165) is 29.6 Å². The van der Waals surface area contributed by atoms with Crippen LogP contribution in [0.3, 0.4) is 0 Å². The van der Waals surface area contributed by atoms with E-state index < -0.39 is 10.0 Å². The van der Waals surface area contributed by atoms with Crippen LogP contribution < -0.4 is 0 Å². The zero-order valence-electron chi connectivity index (χ0n) is 13.0. The van der Waals surface area contributed by atoms with Crippen molar-refractivity contribution in [3.8, 4) is 0 Å². The van der Waals surface area contributed by atoms with Gasteiger partial charge in [0, 0.05) is 25.4 Å². The molecule has 118 valence electrons. The molecule has 1 aliphatic heterocycles. The highest BCUT2D eigenvalue weighted by Gasteiger charge is 2.42. The molecule has 0 aromatic heterocycles. The van der Waals surface area contributed by atoms with E-state index in [9.17, 15) is 13.2 Å². The Bertz CT molecular complexity index is 732. The zero-order chi connectivity index (χ0) is 15.9. The molecule has 0 bridgehead atoms. The van der Waals surface area contributed by atoms with Gasteiger partial charge in [0.15, 0.2) is 5.78 Å². The maximum atomic E-state index is 12.7. The molecular formula is C17H21NO3S. The molecule has 0 amide bonds. The third-order valence-electron chi connectivity index (χ3n) is 4.58. The average Bonchev–Trinajstić information content (AvgIpc) is 3.00. The van der Waals surface area contributed by atoms with Crippen molar-refractivity contribution >= 4 is 15.8 Å². The van der Waals surface area contributed by atoms with E-state index in [1.807, 2.05) is 26.0 Å². The van der Waals surface area contributed by atoms with Gasteiger partial charge in [-0.25, -0.2) is 8.42 Å². The molecule has 1 atom stereocenters.